The largest absolute Gasteiger partial charge is 0.534 e. The molecule has 1 amide bonds. The Hall–Kier alpha value is -2.02. The van der Waals surface area contributed by atoms with Crippen LogP contribution in [0.5, 0.6) is 5.75 Å². The van der Waals surface area contributed by atoms with Crippen molar-refractivity contribution in [3.8, 4) is 5.75 Å². The number of ether oxygens (including phenoxy) is 1. The standard InChI is InChI=1S/C19H22F4N2O5S2/c1-17(2,3)29-16(26)24-15-25-18(8-4-5-12(18)10-31-15)11-6-7-13(20)14(9-11)30-32(27,28)19(21,22)23/h6-7,9,12H,4-5,8,10H2,1-3H3,(H,24,25,26)/t12?,18-/m0/s1. The molecule has 1 aromatic carbocycles. The van der Waals surface area contributed by atoms with Gasteiger partial charge in [0, 0.05) is 5.75 Å². The van der Waals surface area contributed by atoms with Gasteiger partial charge in [-0.25, -0.2) is 9.18 Å². The molecule has 3 rings (SSSR count). The number of hydrogen-bond acceptors (Lipinski definition) is 7. The lowest BCUT2D eigenvalue weighted by atomic mass is 9.81. The maximum absolute atomic E-state index is 14.1. The van der Waals surface area contributed by atoms with Crippen molar-refractivity contribution in [1.29, 1.82) is 0 Å². The molecule has 1 saturated carbocycles. The molecule has 0 aromatic heterocycles. The molecule has 0 saturated heterocycles. The van der Waals surface area contributed by atoms with Crippen LogP contribution in [-0.4, -0.2) is 36.5 Å². The van der Waals surface area contributed by atoms with E-state index in [1.807, 2.05) is 0 Å². The topological polar surface area (TPSA) is 94.1 Å². The highest BCUT2D eigenvalue weighted by Gasteiger charge is 2.50. The predicted molar refractivity (Wildman–Crippen MR) is 110 cm³/mol. The molecule has 0 bridgehead atoms. The number of halogens is 4. The highest BCUT2D eigenvalue weighted by molar-refractivity contribution is 8.13. The number of thioether (sulfide) groups is 1. The zero-order valence-electron chi connectivity index (χ0n) is 17.5. The lowest BCUT2D eigenvalue weighted by Gasteiger charge is -2.36. The van der Waals surface area contributed by atoms with E-state index in [0.717, 1.165) is 25.0 Å². The fourth-order valence-electron chi connectivity index (χ4n) is 3.72. The normalized spacial score (nSPS) is 23.8. The van der Waals surface area contributed by atoms with Crippen LogP contribution in [-0.2, 0) is 20.4 Å². The van der Waals surface area contributed by atoms with E-state index in [1.54, 1.807) is 20.8 Å². The number of amidine groups is 1. The molecule has 178 valence electrons. The average Bonchev–Trinajstić information content (AvgIpc) is 3.05. The minimum atomic E-state index is -6.04. The van der Waals surface area contributed by atoms with Crippen molar-refractivity contribution in [2.75, 3.05) is 5.75 Å². The van der Waals surface area contributed by atoms with Gasteiger partial charge in [0.15, 0.2) is 16.7 Å². The molecule has 1 aromatic rings. The summed E-state index contributed by atoms with van der Waals surface area (Å²) in [5.74, 6) is -1.82. The summed E-state index contributed by atoms with van der Waals surface area (Å²) >= 11 is 1.30. The number of nitrogens with one attached hydrogen (secondary N) is 1. The van der Waals surface area contributed by atoms with E-state index in [9.17, 15) is 30.8 Å². The molecule has 7 nitrogen and oxygen atoms in total. The Balaban J connectivity index is 1.96. The Morgan fingerprint density at radius 3 is 2.59 bits per heavy atom. The first-order valence-corrected chi connectivity index (χ1v) is 12.1. The quantitative estimate of drug-likeness (QED) is 0.370. The Morgan fingerprint density at radius 2 is 1.97 bits per heavy atom. The molecule has 1 heterocycles. The molecule has 1 aliphatic heterocycles. The minimum Gasteiger partial charge on any atom is -0.444 e. The summed E-state index contributed by atoms with van der Waals surface area (Å²) in [7, 11) is -6.04. The zero-order chi connectivity index (χ0) is 23.9. The van der Waals surface area contributed by atoms with Crippen LogP contribution in [0.1, 0.15) is 45.6 Å². The third kappa shape index (κ3) is 5.13. The molecule has 0 spiro atoms. The lowest BCUT2D eigenvalue weighted by molar-refractivity contribution is -0.0501. The number of rotatable bonds is 3. The number of nitrogens with zero attached hydrogens (tertiary/aromatic N) is 1. The molecule has 2 aliphatic rings. The number of aliphatic imine (C=N–C) groups is 1. The van der Waals surface area contributed by atoms with Gasteiger partial charge in [-0.3, -0.25) is 10.3 Å². The lowest BCUT2D eigenvalue weighted by Crippen LogP contribution is -2.41. The van der Waals surface area contributed by atoms with E-state index in [0.29, 0.717) is 17.7 Å². The van der Waals surface area contributed by atoms with Crippen molar-refractivity contribution >= 4 is 33.1 Å². The van der Waals surface area contributed by atoms with Crippen molar-refractivity contribution in [2.45, 2.75) is 56.7 Å². The van der Waals surface area contributed by atoms with Crippen LogP contribution in [0.2, 0.25) is 0 Å². The number of benzene rings is 1. The summed E-state index contributed by atoms with van der Waals surface area (Å²) in [5, 5.41) is 2.83. The van der Waals surface area contributed by atoms with Gasteiger partial charge in [0.05, 0.1) is 5.54 Å². The second-order valence-corrected chi connectivity index (χ2v) is 11.0. The van der Waals surface area contributed by atoms with E-state index in [-0.39, 0.29) is 11.1 Å². The molecular weight excluding hydrogens is 476 g/mol. The van der Waals surface area contributed by atoms with Crippen molar-refractivity contribution in [2.24, 2.45) is 10.9 Å². The molecule has 1 aliphatic carbocycles. The second kappa shape index (κ2) is 8.40. The number of alkyl halides is 3. The van der Waals surface area contributed by atoms with E-state index in [1.165, 1.54) is 17.8 Å². The average molecular weight is 499 g/mol. The minimum absolute atomic E-state index is 0.0470. The maximum atomic E-state index is 14.1. The molecule has 1 N–H and O–H groups in total. The number of alkyl carbamates (subject to hydrolysis) is 1. The number of carbonyl (C=O) groups excluding carboxylic acids is 1. The predicted octanol–water partition coefficient (Wildman–Crippen LogP) is 4.68. The number of carbonyl (C=O) groups is 1. The molecule has 32 heavy (non-hydrogen) atoms. The van der Waals surface area contributed by atoms with Crippen LogP contribution in [0.25, 0.3) is 0 Å². The summed E-state index contributed by atoms with van der Waals surface area (Å²) in [4.78, 5) is 16.8. The smallest absolute Gasteiger partial charge is 0.444 e. The highest BCUT2D eigenvalue weighted by Crippen LogP contribution is 2.51. The van der Waals surface area contributed by atoms with E-state index < -0.39 is 44.4 Å². The third-order valence-electron chi connectivity index (χ3n) is 5.03. The fourth-order valence-corrected chi connectivity index (χ4v) is 5.37. The van der Waals surface area contributed by atoms with Crippen molar-refractivity contribution < 1.29 is 39.7 Å². The first-order chi connectivity index (χ1) is 14.6. The summed E-state index contributed by atoms with van der Waals surface area (Å²) in [6.07, 6.45) is 1.26. The van der Waals surface area contributed by atoms with Gasteiger partial charge in [-0.2, -0.15) is 21.6 Å². The number of hydrogen-bond donors (Lipinski definition) is 1. The number of fused-ring (bicyclic) bond motifs is 1. The third-order valence-corrected chi connectivity index (χ3v) is 7.03. The Morgan fingerprint density at radius 1 is 1.28 bits per heavy atom. The van der Waals surface area contributed by atoms with Gasteiger partial charge >= 0.3 is 21.7 Å². The van der Waals surface area contributed by atoms with Gasteiger partial charge in [0.25, 0.3) is 0 Å². The van der Waals surface area contributed by atoms with E-state index in [2.05, 4.69) is 14.5 Å². The van der Waals surface area contributed by atoms with Crippen molar-refractivity contribution in [3.05, 3.63) is 29.6 Å². The maximum Gasteiger partial charge on any atom is 0.534 e. The first-order valence-electron chi connectivity index (χ1n) is 9.66. The fraction of sp³-hybridized carbons (Fsp3) is 0.579. The van der Waals surface area contributed by atoms with Gasteiger partial charge in [0.2, 0.25) is 0 Å². The van der Waals surface area contributed by atoms with Crippen molar-refractivity contribution in [3.63, 3.8) is 0 Å². The molecule has 1 fully saturated rings. The molecular formula is C19H22F4N2O5S2. The van der Waals surface area contributed by atoms with Crippen LogP contribution in [0.15, 0.2) is 23.2 Å². The van der Waals surface area contributed by atoms with Crippen LogP contribution in [0.4, 0.5) is 22.4 Å². The summed E-state index contributed by atoms with van der Waals surface area (Å²) in [6.45, 7) is 5.10. The zero-order valence-corrected chi connectivity index (χ0v) is 19.1. The molecule has 2 atom stereocenters. The van der Waals surface area contributed by atoms with E-state index in [4.69, 9.17) is 4.74 Å². The van der Waals surface area contributed by atoms with Gasteiger partial charge < -0.3 is 8.92 Å². The second-order valence-electron chi connectivity index (χ2n) is 8.50. The molecule has 0 radical (unpaired) electrons. The Kier molecular flexibility index (Phi) is 6.46. The first kappa shape index (κ1) is 24.6. The van der Waals surface area contributed by atoms with Gasteiger partial charge in [-0.1, -0.05) is 24.2 Å². The van der Waals surface area contributed by atoms with Crippen LogP contribution >= 0.6 is 11.8 Å². The van der Waals surface area contributed by atoms with Crippen molar-refractivity contribution in [1.82, 2.24) is 5.32 Å². The van der Waals surface area contributed by atoms with Crippen LogP contribution in [0.3, 0.4) is 0 Å². The number of amides is 1. The highest BCUT2D eigenvalue weighted by atomic mass is 32.2. The van der Waals surface area contributed by atoms with Gasteiger partial charge in [0.1, 0.15) is 5.60 Å². The van der Waals surface area contributed by atoms with Gasteiger partial charge in [-0.15, -0.1) is 0 Å². The Labute approximate surface area is 187 Å². The summed E-state index contributed by atoms with van der Waals surface area (Å²) in [6, 6.07) is 3.12. The Bertz CT molecular complexity index is 1040. The van der Waals surface area contributed by atoms with Crippen LogP contribution in [0, 0.1) is 11.7 Å². The molecule has 1 unspecified atom stereocenters. The SMILES string of the molecule is CC(C)(C)OC(=O)NC1=N[C@]2(c3ccc(F)c(OS(=O)(=O)C(F)(F)F)c3)CCCC2CS1. The monoisotopic (exact) mass is 498 g/mol. The summed E-state index contributed by atoms with van der Waals surface area (Å²) in [5.41, 5.74) is -7.10. The van der Waals surface area contributed by atoms with Crippen LogP contribution < -0.4 is 9.50 Å². The van der Waals surface area contributed by atoms with Gasteiger partial charge in [-0.05, 0) is 57.2 Å². The van der Waals surface area contributed by atoms with E-state index >= 15 is 0 Å². The molecule has 13 heteroatoms. The summed E-state index contributed by atoms with van der Waals surface area (Å²) < 4.78 is 84.2.